The predicted octanol–water partition coefficient (Wildman–Crippen LogP) is 4.89. The van der Waals surface area contributed by atoms with Crippen molar-refractivity contribution in [2.45, 2.75) is 64.0 Å². The molecule has 1 aromatic rings. The van der Waals surface area contributed by atoms with Gasteiger partial charge in [-0.05, 0) is 61.3 Å². The van der Waals surface area contributed by atoms with Gasteiger partial charge in [-0.2, -0.15) is 11.8 Å². The maximum absolute atomic E-state index is 13.2. The molecule has 1 N–H and O–H groups in total. The van der Waals surface area contributed by atoms with Gasteiger partial charge in [-0.3, -0.25) is 9.59 Å². The Morgan fingerprint density at radius 2 is 2.03 bits per heavy atom. The fraction of sp³-hybridized carbons (Fsp3) is 0.583. The van der Waals surface area contributed by atoms with Crippen LogP contribution in [-0.2, 0) is 14.3 Å². The number of amides is 2. The van der Waals surface area contributed by atoms with E-state index in [4.69, 9.17) is 16.3 Å². The summed E-state index contributed by atoms with van der Waals surface area (Å²) in [6.45, 7) is 2.92. The number of unbranched alkanes of at least 4 members (excludes halogenated alkanes) is 1. The number of nitrogens with zero attached hydrogens (tertiary/aromatic N) is 1. The zero-order chi connectivity index (χ0) is 22.1. The predicted molar refractivity (Wildman–Crippen MR) is 128 cm³/mol. The molecule has 0 radical (unpaired) electrons. The van der Waals surface area contributed by atoms with Crippen molar-refractivity contribution in [1.29, 1.82) is 0 Å². The van der Waals surface area contributed by atoms with Gasteiger partial charge in [0.2, 0.25) is 5.91 Å². The molecule has 2 aliphatic rings. The van der Waals surface area contributed by atoms with E-state index in [2.05, 4.69) is 12.2 Å². The molecule has 170 valence electrons. The average Bonchev–Trinajstić information content (AvgIpc) is 2.77. The van der Waals surface area contributed by atoms with Crippen LogP contribution in [0.2, 0.25) is 5.02 Å². The van der Waals surface area contributed by atoms with Crippen molar-refractivity contribution in [2.75, 3.05) is 24.6 Å². The van der Waals surface area contributed by atoms with Crippen LogP contribution in [0.4, 0.5) is 0 Å². The number of hydrogen-bond acceptors (Lipinski definition) is 4. The molecular weight excluding hydrogens is 432 g/mol. The minimum atomic E-state index is -0.228. The van der Waals surface area contributed by atoms with E-state index in [1.807, 2.05) is 30.0 Å². The number of ether oxygens (including phenoxy) is 1. The first kappa shape index (κ1) is 24.0. The third-order valence-electron chi connectivity index (χ3n) is 5.75. The van der Waals surface area contributed by atoms with Crippen molar-refractivity contribution in [1.82, 2.24) is 10.2 Å². The molecule has 1 heterocycles. The monoisotopic (exact) mass is 464 g/mol. The highest BCUT2D eigenvalue weighted by Crippen LogP contribution is 2.33. The maximum Gasteiger partial charge on any atom is 0.289 e. The smallest absolute Gasteiger partial charge is 0.289 e. The lowest BCUT2D eigenvalue weighted by atomic mass is 9.89. The third kappa shape index (κ3) is 6.91. The molecule has 1 saturated carbocycles. The number of carbonyl (C=O) groups is 2. The lowest BCUT2D eigenvalue weighted by molar-refractivity contribution is -0.151. The lowest BCUT2D eigenvalue weighted by Crippen LogP contribution is -2.57. The normalized spacial score (nSPS) is 22.2. The summed E-state index contributed by atoms with van der Waals surface area (Å²) in [5.74, 6) is 2.17. The van der Waals surface area contributed by atoms with E-state index in [1.54, 1.807) is 17.0 Å². The standard InChI is InChI=1S/C24H33ClN2O3S/c1-2-3-14-31-15-8-13-26-23(28)17-27-20-11-6-7-12-21(20)30-22(24(27)29)16-18-9-4-5-10-19(18)25/h4-5,9-10,16,20-21H,2-3,6-8,11-15,17H2,1H3,(H,26,28)/b22-16+. The zero-order valence-corrected chi connectivity index (χ0v) is 19.9. The number of carbonyl (C=O) groups excluding carboxylic acids is 2. The quantitative estimate of drug-likeness (QED) is 0.395. The number of nitrogens with one attached hydrogen (secondary N) is 1. The minimum Gasteiger partial charge on any atom is -0.482 e. The molecule has 0 bridgehead atoms. The topological polar surface area (TPSA) is 58.6 Å². The number of thioether (sulfide) groups is 1. The Bertz CT molecular complexity index is 786. The highest BCUT2D eigenvalue weighted by Gasteiger charge is 2.42. The van der Waals surface area contributed by atoms with Gasteiger partial charge in [-0.1, -0.05) is 49.6 Å². The molecule has 2 amide bonds. The molecule has 5 nitrogen and oxygen atoms in total. The molecule has 3 rings (SSSR count). The number of hydrogen-bond donors (Lipinski definition) is 1. The second-order valence-electron chi connectivity index (χ2n) is 8.14. The summed E-state index contributed by atoms with van der Waals surface area (Å²) in [5.41, 5.74) is 0.742. The molecule has 1 aliphatic carbocycles. The van der Waals surface area contributed by atoms with Gasteiger partial charge in [-0.25, -0.2) is 0 Å². The SMILES string of the molecule is CCCCSCCCNC(=O)CN1C(=O)/C(=C\c2ccccc2Cl)OC2CCCCC21. The molecule has 31 heavy (non-hydrogen) atoms. The van der Waals surface area contributed by atoms with Gasteiger partial charge in [0, 0.05) is 11.6 Å². The Balaban J connectivity index is 1.61. The van der Waals surface area contributed by atoms with Crippen molar-refractivity contribution in [3.63, 3.8) is 0 Å². The Kier molecular flexibility index (Phi) is 9.59. The average molecular weight is 465 g/mol. The minimum absolute atomic E-state index is 0.0417. The Hall–Kier alpha value is -1.66. The summed E-state index contributed by atoms with van der Waals surface area (Å²) in [7, 11) is 0. The lowest BCUT2D eigenvalue weighted by Gasteiger charge is -2.44. The van der Waals surface area contributed by atoms with E-state index in [9.17, 15) is 9.59 Å². The van der Waals surface area contributed by atoms with Crippen molar-refractivity contribution in [3.05, 3.63) is 40.6 Å². The largest absolute Gasteiger partial charge is 0.482 e. The number of benzene rings is 1. The maximum atomic E-state index is 13.2. The van der Waals surface area contributed by atoms with Crippen LogP contribution in [0.5, 0.6) is 0 Å². The van der Waals surface area contributed by atoms with Crippen LogP contribution in [0, 0.1) is 0 Å². The van der Waals surface area contributed by atoms with Gasteiger partial charge in [0.25, 0.3) is 5.91 Å². The molecule has 1 aliphatic heterocycles. The van der Waals surface area contributed by atoms with Gasteiger partial charge < -0.3 is 15.0 Å². The van der Waals surface area contributed by atoms with Crippen LogP contribution in [0.15, 0.2) is 30.0 Å². The highest BCUT2D eigenvalue weighted by atomic mass is 35.5. The van der Waals surface area contributed by atoms with Crippen molar-refractivity contribution in [2.24, 2.45) is 0 Å². The fourth-order valence-corrected chi connectivity index (χ4v) is 5.29. The van der Waals surface area contributed by atoms with E-state index in [0.29, 0.717) is 11.6 Å². The van der Waals surface area contributed by atoms with Gasteiger partial charge in [0.05, 0.1) is 6.04 Å². The summed E-state index contributed by atoms with van der Waals surface area (Å²) in [5, 5.41) is 3.55. The van der Waals surface area contributed by atoms with Crippen molar-refractivity contribution >= 4 is 41.3 Å². The molecule has 1 saturated heterocycles. The summed E-state index contributed by atoms with van der Waals surface area (Å²) in [6, 6.07) is 7.33. The molecule has 0 aromatic heterocycles. The Labute approximate surface area is 194 Å². The van der Waals surface area contributed by atoms with Gasteiger partial charge in [-0.15, -0.1) is 0 Å². The summed E-state index contributed by atoms with van der Waals surface area (Å²) < 4.78 is 6.10. The first-order chi connectivity index (χ1) is 15.1. The highest BCUT2D eigenvalue weighted by molar-refractivity contribution is 7.99. The third-order valence-corrected chi connectivity index (χ3v) is 7.25. The second-order valence-corrected chi connectivity index (χ2v) is 9.77. The van der Waals surface area contributed by atoms with Crippen LogP contribution < -0.4 is 5.32 Å². The number of morpholine rings is 1. The van der Waals surface area contributed by atoms with Crippen molar-refractivity contribution in [3.8, 4) is 0 Å². The van der Waals surface area contributed by atoms with Gasteiger partial charge in [0.1, 0.15) is 12.6 Å². The van der Waals surface area contributed by atoms with E-state index in [1.165, 1.54) is 18.6 Å². The Morgan fingerprint density at radius 1 is 1.26 bits per heavy atom. The Morgan fingerprint density at radius 3 is 2.84 bits per heavy atom. The molecule has 2 unspecified atom stereocenters. The molecular formula is C24H33ClN2O3S. The van der Waals surface area contributed by atoms with E-state index >= 15 is 0 Å². The molecule has 2 atom stereocenters. The number of halogens is 1. The second kappa shape index (κ2) is 12.4. The first-order valence-electron chi connectivity index (χ1n) is 11.4. The fourth-order valence-electron chi connectivity index (χ4n) is 4.06. The summed E-state index contributed by atoms with van der Waals surface area (Å²) in [6.07, 6.45) is 8.92. The molecule has 7 heteroatoms. The van der Waals surface area contributed by atoms with Crippen LogP contribution in [0.1, 0.15) is 57.4 Å². The molecule has 0 spiro atoms. The summed E-state index contributed by atoms with van der Waals surface area (Å²) >= 11 is 8.20. The van der Waals surface area contributed by atoms with Crippen LogP contribution in [0.3, 0.4) is 0 Å². The van der Waals surface area contributed by atoms with Gasteiger partial charge in [0.15, 0.2) is 5.76 Å². The van der Waals surface area contributed by atoms with E-state index < -0.39 is 0 Å². The van der Waals surface area contributed by atoms with Crippen LogP contribution in [0.25, 0.3) is 6.08 Å². The summed E-state index contributed by atoms with van der Waals surface area (Å²) in [4.78, 5) is 27.5. The molecule has 1 aromatic carbocycles. The number of fused-ring (bicyclic) bond motifs is 1. The molecule has 2 fully saturated rings. The van der Waals surface area contributed by atoms with Crippen molar-refractivity contribution < 1.29 is 14.3 Å². The number of rotatable bonds is 10. The zero-order valence-electron chi connectivity index (χ0n) is 18.3. The van der Waals surface area contributed by atoms with Crippen LogP contribution in [-0.4, -0.2) is 53.5 Å². The van der Waals surface area contributed by atoms with Gasteiger partial charge >= 0.3 is 0 Å². The van der Waals surface area contributed by atoms with E-state index in [-0.39, 0.29) is 36.3 Å². The first-order valence-corrected chi connectivity index (χ1v) is 12.9. The van der Waals surface area contributed by atoms with Crippen LogP contribution >= 0.6 is 23.4 Å². The van der Waals surface area contributed by atoms with E-state index in [0.717, 1.165) is 43.4 Å².